The number of nitrogens with zero attached hydrogens (tertiary/aromatic N) is 1. The molecule has 1 heterocycles. The zero-order chi connectivity index (χ0) is 18.0. The van der Waals surface area contributed by atoms with Gasteiger partial charge in [-0.1, -0.05) is 30.3 Å². The predicted molar refractivity (Wildman–Crippen MR) is 104 cm³/mol. The van der Waals surface area contributed by atoms with E-state index in [1.54, 1.807) is 17.0 Å². The largest absolute Gasteiger partial charge is 0.324 e. The maximum absolute atomic E-state index is 12.6. The average Bonchev–Trinajstić information content (AvgIpc) is 3.05. The van der Waals surface area contributed by atoms with Crippen LogP contribution in [0.2, 0.25) is 0 Å². The van der Waals surface area contributed by atoms with Gasteiger partial charge in [0.25, 0.3) is 0 Å². The Hall–Kier alpha value is -1.93. The van der Waals surface area contributed by atoms with Crippen LogP contribution in [0.25, 0.3) is 0 Å². The Morgan fingerprint density at radius 2 is 1.92 bits per heavy atom. The first-order chi connectivity index (χ1) is 11.9. The van der Waals surface area contributed by atoms with Crippen LogP contribution in [0.1, 0.15) is 23.6 Å². The van der Waals surface area contributed by atoms with E-state index >= 15 is 0 Å². The Bertz CT molecular complexity index is 888. The summed E-state index contributed by atoms with van der Waals surface area (Å²) < 4.78 is 26.1. The van der Waals surface area contributed by atoms with E-state index < -0.39 is 10.0 Å². The predicted octanol–water partition coefficient (Wildman–Crippen LogP) is 2.00. The molecule has 1 aliphatic rings. The molecule has 1 atom stereocenters. The summed E-state index contributed by atoms with van der Waals surface area (Å²) in [5.41, 5.74) is 8.69. The van der Waals surface area contributed by atoms with Gasteiger partial charge in [0.05, 0.1) is 4.90 Å². The van der Waals surface area contributed by atoms with Crippen molar-refractivity contribution >= 4 is 34.0 Å². The lowest BCUT2D eigenvalue weighted by atomic mass is 10.0. The molecular weight excluding hydrogens is 374 g/mol. The summed E-state index contributed by atoms with van der Waals surface area (Å²) in [5, 5.41) is 0. The van der Waals surface area contributed by atoms with Gasteiger partial charge in [-0.15, -0.1) is 12.4 Å². The number of rotatable bonds is 5. The molecule has 1 aliphatic heterocycles. The van der Waals surface area contributed by atoms with E-state index in [1.807, 2.05) is 30.3 Å². The summed E-state index contributed by atoms with van der Waals surface area (Å²) in [7, 11) is -2.11. The quantitative estimate of drug-likeness (QED) is 0.809. The number of nitrogens with one attached hydrogen (secondary N) is 1. The Kier molecular flexibility index (Phi) is 6.41. The smallest absolute Gasteiger partial charge is 0.240 e. The standard InChI is InChI=1S/C18H21N3O3S.ClH/c1-20-25(23,24)15-7-8-17-14(11-15)9-10-21(17)18(22)12-16(19)13-5-3-2-4-6-13;/h2-8,11,16,20H,9-10,12,19H2,1H3;1H. The van der Waals surface area contributed by atoms with E-state index in [2.05, 4.69) is 4.72 Å². The van der Waals surface area contributed by atoms with Crippen molar-refractivity contribution in [3.8, 4) is 0 Å². The fourth-order valence-corrected chi connectivity index (χ4v) is 3.82. The number of carbonyl (C=O) groups is 1. The second-order valence-electron chi connectivity index (χ2n) is 6.01. The van der Waals surface area contributed by atoms with E-state index in [9.17, 15) is 13.2 Å². The average molecular weight is 396 g/mol. The summed E-state index contributed by atoms with van der Waals surface area (Å²) in [6.07, 6.45) is 0.842. The van der Waals surface area contributed by atoms with Crippen LogP contribution in [-0.2, 0) is 21.2 Å². The Morgan fingerprint density at radius 3 is 2.58 bits per heavy atom. The lowest BCUT2D eigenvalue weighted by molar-refractivity contribution is -0.118. The molecule has 3 N–H and O–H groups in total. The number of benzene rings is 2. The van der Waals surface area contributed by atoms with Crippen molar-refractivity contribution < 1.29 is 13.2 Å². The highest BCUT2D eigenvalue weighted by Gasteiger charge is 2.27. The minimum absolute atomic E-state index is 0. The third-order valence-electron chi connectivity index (χ3n) is 4.45. The number of carbonyl (C=O) groups excluding carboxylic acids is 1. The van der Waals surface area contributed by atoms with Crippen LogP contribution in [0.5, 0.6) is 0 Å². The summed E-state index contributed by atoms with van der Waals surface area (Å²) >= 11 is 0. The molecule has 0 saturated heterocycles. The van der Waals surface area contributed by atoms with Crippen LogP contribution in [0.15, 0.2) is 53.4 Å². The fraction of sp³-hybridized carbons (Fsp3) is 0.278. The van der Waals surface area contributed by atoms with Gasteiger partial charge in [-0.25, -0.2) is 13.1 Å². The number of sulfonamides is 1. The molecule has 0 aliphatic carbocycles. The topological polar surface area (TPSA) is 92.5 Å². The summed E-state index contributed by atoms with van der Waals surface area (Å²) in [5.74, 6) is -0.0562. The van der Waals surface area contributed by atoms with E-state index in [0.717, 1.165) is 16.8 Å². The molecule has 0 spiro atoms. The second-order valence-corrected chi connectivity index (χ2v) is 7.90. The van der Waals surface area contributed by atoms with Crippen molar-refractivity contribution in [2.75, 3.05) is 18.5 Å². The molecule has 0 aromatic heterocycles. The first-order valence-electron chi connectivity index (χ1n) is 8.10. The minimum Gasteiger partial charge on any atom is -0.324 e. The maximum atomic E-state index is 12.6. The zero-order valence-corrected chi connectivity index (χ0v) is 16.0. The van der Waals surface area contributed by atoms with Crippen LogP contribution in [0.4, 0.5) is 5.69 Å². The molecule has 2 aromatic carbocycles. The van der Waals surface area contributed by atoms with Crippen LogP contribution in [0.3, 0.4) is 0 Å². The number of fused-ring (bicyclic) bond motifs is 1. The van der Waals surface area contributed by atoms with Crippen molar-refractivity contribution in [3.63, 3.8) is 0 Å². The SMILES string of the molecule is CNS(=O)(=O)c1ccc2c(c1)CCN2C(=O)CC(N)c1ccccc1.Cl. The van der Waals surface area contributed by atoms with E-state index in [4.69, 9.17) is 5.73 Å². The molecular formula is C18H22ClN3O3S. The van der Waals surface area contributed by atoms with Crippen LogP contribution < -0.4 is 15.4 Å². The molecule has 2 aromatic rings. The van der Waals surface area contributed by atoms with Gasteiger partial charge in [0.1, 0.15) is 0 Å². The normalized spacial score (nSPS) is 14.5. The van der Waals surface area contributed by atoms with Crippen LogP contribution >= 0.6 is 12.4 Å². The molecule has 3 rings (SSSR count). The molecule has 26 heavy (non-hydrogen) atoms. The second kappa shape index (κ2) is 8.18. The van der Waals surface area contributed by atoms with Crippen molar-refractivity contribution in [1.29, 1.82) is 0 Å². The first kappa shape index (κ1) is 20.4. The Labute approximate surface area is 159 Å². The molecule has 1 amide bonds. The van der Waals surface area contributed by atoms with Gasteiger partial charge in [-0.2, -0.15) is 0 Å². The van der Waals surface area contributed by atoms with Crippen LogP contribution in [-0.4, -0.2) is 27.9 Å². The summed E-state index contributed by atoms with van der Waals surface area (Å²) in [6, 6.07) is 14.0. The van der Waals surface area contributed by atoms with Gasteiger partial charge in [0.2, 0.25) is 15.9 Å². The van der Waals surface area contributed by atoms with E-state index in [1.165, 1.54) is 13.1 Å². The number of amides is 1. The third kappa shape index (κ3) is 4.07. The highest BCUT2D eigenvalue weighted by molar-refractivity contribution is 7.89. The molecule has 0 radical (unpaired) electrons. The minimum atomic E-state index is -3.49. The first-order valence-corrected chi connectivity index (χ1v) is 9.58. The Morgan fingerprint density at radius 1 is 1.23 bits per heavy atom. The lowest BCUT2D eigenvalue weighted by Gasteiger charge is -2.20. The van der Waals surface area contributed by atoms with Crippen molar-refractivity contribution in [2.45, 2.75) is 23.8 Å². The molecule has 8 heteroatoms. The van der Waals surface area contributed by atoms with Gasteiger partial charge in [-0.05, 0) is 42.8 Å². The Balaban J connectivity index is 0.00000243. The fourth-order valence-electron chi connectivity index (χ4n) is 3.04. The van der Waals surface area contributed by atoms with Crippen LogP contribution in [0, 0.1) is 0 Å². The molecule has 0 saturated carbocycles. The third-order valence-corrected chi connectivity index (χ3v) is 5.86. The highest BCUT2D eigenvalue weighted by atomic mass is 35.5. The summed E-state index contributed by atoms with van der Waals surface area (Å²) in [6.45, 7) is 0.540. The molecule has 0 fully saturated rings. The van der Waals surface area contributed by atoms with E-state index in [-0.39, 0.29) is 35.7 Å². The van der Waals surface area contributed by atoms with Crippen molar-refractivity contribution in [1.82, 2.24) is 4.72 Å². The lowest BCUT2D eigenvalue weighted by Crippen LogP contribution is -2.31. The number of halogens is 1. The van der Waals surface area contributed by atoms with Crippen molar-refractivity contribution in [3.05, 3.63) is 59.7 Å². The van der Waals surface area contributed by atoms with Gasteiger partial charge >= 0.3 is 0 Å². The number of anilines is 1. The van der Waals surface area contributed by atoms with Gasteiger partial charge in [0.15, 0.2) is 0 Å². The van der Waals surface area contributed by atoms with E-state index in [0.29, 0.717) is 13.0 Å². The molecule has 6 nitrogen and oxygen atoms in total. The summed E-state index contributed by atoms with van der Waals surface area (Å²) in [4.78, 5) is 14.5. The number of nitrogens with two attached hydrogens (primary N) is 1. The van der Waals surface area contributed by atoms with Crippen molar-refractivity contribution in [2.24, 2.45) is 5.73 Å². The van der Waals surface area contributed by atoms with Gasteiger partial charge < -0.3 is 10.6 Å². The molecule has 140 valence electrons. The number of hydrogen-bond acceptors (Lipinski definition) is 4. The highest BCUT2D eigenvalue weighted by Crippen LogP contribution is 2.31. The zero-order valence-electron chi connectivity index (χ0n) is 14.4. The molecule has 1 unspecified atom stereocenters. The maximum Gasteiger partial charge on any atom is 0.240 e. The van der Waals surface area contributed by atoms with Gasteiger partial charge in [-0.3, -0.25) is 4.79 Å². The monoisotopic (exact) mass is 395 g/mol. The number of hydrogen-bond donors (Lipinski definition) is 2. The van der Waals surface area contributed by atoms with Gasteiger partial charge in [0, 0.05) is 24.7 Å². The molecule has 0 bridgehead atoms.